The molecule has 0 aliphatic carbocycles. The third kappa shape index (κ3) is 2.00. The van der Waals surface area contributed by atoms with E-state index >= 15 is 0 Å². The van der Waals surface area contributed by atoms with Crippen LogP contribution in [0.15, 0.2) is 36.0 Å². The number of nitrogens with zero attached hydrogens (tertiary/aromatic N) is 3. The molecule has 0 aliphatic heterocycles. The predicted octanol–water partition coefficient (Wildman–Crippen LogP) is 2.18. The molecule has 6 heteroatoms. The SMILES string of the molecule is NC(=S)c1ncn(Cc2csc3ccccc23)n1. The van der Waals surface area contributed by atoms with Gasteiger partial charge in [-0.15, -0.1) is 16.4 Å². The van der Waals surface area contributed by atoms with Crippen molar-refractivity contribution in [1.29, 1.82) is 0 Å². The zero-order valence-electron chi connectivity index (χ0n) is 9.41. The molecule has 90 valence electrons. The minimum atomic E-state index is 0.226. The number of thiophene rings is 1. The minimum Gasteiger partial charge on any atom is -0.387 e. The summed E-state index contributed by atoms with van der Waals surface area (Å²) in [4.78, 5) is 4.29. The van der Waals surface area contributed by atoms with E-state index in [2.05, 4.69) is 27.6 Å². The van der Waals surface area contributed by atoms with Crippen LogP contribution >= 0.6 is 23.6 Å². The van der Waals surface area contributed by atoms with Gasteiger partial charge in [-0.25, -0.2) is 9.67 Å². The standard InChI is InChI=1S/C12H10N4S2/c13-11(17)12-14-7-16(15-12)5-8-6-18-10-4-2-1-3-9(8)10/h1-4,6-7H,5H2,(H2,13,17). The molecular formula is C12H10N4S2. The maximum atomic E-state index is 5.49. The van der Waals surface area contributed by atoms with Crippen LogP contribution in [0.2, 0.25) is 0 Å². The smallest absolute Gasteiger partial charge is 0.208 e. The third-order valence-corrected chi connectivity index (χ3v) is 3.85. The van der Waals surface area contributed by atoms with Crippen molar-refractivity contribution in [3.63, 3.8) is 0 Å². The van der Waals surface area contributed by atoms with Crippen molar-refractivity contribution >= 4 is 38.6 Å². The number of rotatable bonds is 3. The molecule has 0 aliphatic rings. The molecule has 4 nitrogen and oxygen atoms in total. The van der Waals surface area contributed by atoms with Gasteiger partial charge in [-0.3, -0.25) is 0 Å². The number of hydrogen-bond acceptors (Lipinski definition) is 4. The predicted molar refractivity (Wildman–Crippen MR) is 76.8 cm³/mol. The lowest BCUT2D eigenvalue weighted by atomic mass is 10.2. The monoisotopic (exact) mass is 274 g/mol. The Morgan fingerprint density at radius 3 is 3.00 bits per heavy atom. The summed E-state index contributed by atoms with van der Waals surface area (Å²) in [7, 11) is 0. The summed E-state index contributed by atoms with van der Waals surface area (Å²) in [6.45, 7) is 0.680. The van der Waals surface area contributed by atoms with E-state index in [9.17, 15) is 0 Å². The number of hydrogen-bond donors (Lipinski definition) is 1. The average Bonchev–Trinajstić information content (AvgIpc) is 2.98. The number of nitrogens with two attached hydrogens (primary N) is 1. The molecule has 0 unspecified atom stereocenters. The lowest BCUT2D eigenvalue weighted by Crippen LogP contribution is -2.12. The Kier molecular flexibility index (Phi) is 2.81. The van der Waals surface area contributed by atoms with Crippen molar-refractivity contribution in [2.45, 2.75) is 6.54 Å². The number of benzene rings is 1. The molecule has 0 bridgehead atoms. The van der Waals surface area contributed by atoms with Gasteiger partial charge in [-0.2, -0.15) is 0 Å². The topological polar surface area (TPSA) is 56.7 Å². The Morgan fingerprint density at radius 2 is 2.22 bits per heavy atom. The van der Waals surface area contributed by atoms with Gasteiger partial charge in [0.2, 0.25) is 5.82 Å². The second kappa shape index (κ2) is 4.47. The first-order chi connectivity index (χ1) is 8.74. The lowest BCUT2D eigenvalue weighted by molar-refractivity contribution is 0.688. The first-order valence-electron chi connectivity index (χ1n) is 5.38. The van der Waals surface area contributed by atoms with E-state index < -0.39 is 0 Å². The van der Waals surface area contributed by atoms with Crippen molar-refractivity contribution in [3.05, 3.63) is 47.4 Å². The van der Waals surface area contributed by atoms with Crippen LogP contribution in [0.25, 0.3) is 10.1 Å². The maximum absolute atomic E-state index is 5.49. The first-order valence-corrected chi connectivity index (χ1v) is 6.67. The summed E-state index contributed by atoms with van der Waals surface area (Å²) < 4.78 is 3.03. The van der Waals surface area contributed by atoms with Crippen molar-refractivity contribution in [2.24, 2.45) is 5.73 Å². The molecule has 0 radical (unpaired) electrons. The fraction of sp³-hybridized carbons (Fsp3) is 0.0833. The maximum Gasteiger partial charge on any atom is 0.208 e. The molecule has 0 fully saturated rings. The Labute approximate surface area is 113 Å². The van der Waals surface area contributed by atoms with E-state index in [4.69, 9.17) is 18.0 Å². The van der Waals surface area contributed by atoms with Crippen molar-refractivity contribution in [2.75, 3.05) is 0 Å². The molecule has 1 aromatic carbocycles. The van der Waals surface area contributed by atoms with Crippen LogP contribution in [0.4, 0.5) is 0 Å². The first kappa shape index (κ1) is 11.3. The van der Waals surface area contributed by atoms with Crippen LogP contribution in [0.3, 0.4) is 0 Å². The Bertz CT molecular complexity index is 714. The molecule has 0 amide bonds. The summed E-state index contributed by atoms with van der Waals surface area (Å²) in [6, 6.07) is 8.32. The van der Waals surface area contributed by atoms with Gasteiger partial charge in [0.1, 0.15) is 11.3 Å². The molecular weight excluding hydrogens is 264 g/mol. The van der Waals surface area contributed by atoms with Crippen LogP contribution < -0.4 is 5.73 Å². The minimum absolute atomic E-state index is 0.226. The second-order valence-electron chi connectivity index (χ2n) is 3.89. The molecule has 2 heterocycles. The van der Waals surface area contributed by atoms with Gasteiger partial charge in [0, 0.05) is 4.70 Å². The molecule has 0 saturated carbocycles. The molecule has 18 heavy (non-hydrogen) atoms. The van der Waals surface area contributed by atoms with Crippen LogP contribution in [0, 0.1) is 0 Å². The zero-order chi connectivity index (χ0) is 12.5. The van der Waals surface area contributed by atoms with E-state index in [0.29, 0.717) is 12.4 Å². The van der Waals surface area contributed by atoms with Gasteiger partial charge >= 0.3 is 0 Å². The molecule has 2 aromatic heterocycles. The molecule has 3 aromatic rings. The Morgan fingerprint density at radius 1 is 1.39 bits per heavy atom. The van der Waals surface area contributed by atoms with Gasteiger partial charge in [0.05, 0.1) is 6.54 Å². The summed E-state index contributed by atoms with van der Waals surface area (Å²) in [5, 5.41) is 7.64. The highest BCUT2D eigenvalue weighted by Crippen LogP contribution is 2.25. The third-order valence-electron chi connectivity index (χ3n) is 2.65. The van der Waals surface area contributed by atoms with E-state index in [-0.39, 0.29) is 4.99 Å². The second-order valence-corrected chi connectivity index (χ2v) is 5.24. The normalized spacial score (nSPS) is 10.9. The lowest BCUT2D eigenvalue weighted by Gasteiger charge is -1.99. The van der Waals surface area contributed by atoms with E-state index in [1.807, 2.05) is 12.1 Å². The average molecular weight is 274 g/mol. The highest BCUT2D eigenvalue weighted by molar-refractivity contribution is 7.80. The summed E-state index contributed by atoms with van der Waals surface area (Å²) in [6.07, 6.45) is 1.65. The Hall–Kier alpha value is -1.79. The van der Waals surface area contributed by atoms with Gasteiger partial charge in [-0.1, -0.05) is 30.4 Å². The van der Waals surface area contributed by atoms with Crippen molar-refractivity contribution in [3.8, 4) is 0 Å². The fourth-order valence-corrected chi connectivity index (χ4v) is 2.86. The summed E-state index contributed by atoms with van der Waals surface area (Å²) in [5.74, 6) is 0.421. The van der Waals surface area contributed by atoms with Crippen molar-refractivity contribution < 1.29 is 0 Å². The van der Waals surface area contributed by atoms with Gasteiger partial charge in [0.25, 0.3) is 0 Å². The van der Waals surface area contributed by atoms with Gasteiger partial charge in [-0.05, 0) is 22.4 Å². The van der Waals surface area contributed by atoms with Crippen LogP contribution in [-0.4, -0.2) is 19.8 Å². The summed E-state index contributed by atoms with van der Waals surface area (Å²) in [5.41, 5.74) is 6.72. The quantitative estimate of drug-likeness (QED) is 0.744. The van der Waals surface area contributed by atoms with Gasteiger partial charge < -0.3 is 5.73 Å². The Balaban J connectivity index is 1.93. The number of fused-ring (bicyclic) bond motifs is 1. The molecule has 0 atom stereocenters. The molecule has 0 spiro atoms. The highest BCUT2D eigenvalue weighted by Gasteiger charge is 2.07. The number of aromatic nitrogens is 3. The number of thiocarbonyl (C=S) groups is 1. The van der Waals surface area contributed by atoms with Crippen LogP contribution in [0.5, 0.6) is 0 Å². The summed E-state index contributed by atoms with van der Waals surface area (Å²) >= 11 is 6.58. The molecule has 2 N–H and O–H groups in total. The van der Waals surface area contributed by atoms with Gasteiger partial charge in [0.15, 0.2) is 0 Å². The molecule has 3 rings (SSSR count). The highest BCUT2D eigenvalue weighted by atomic mass is 32.1. The van der Waals surface area contributed by atoms with E-state index in [0.717, 1.165) is 0 Å². The zero-order valence-corrected chi connectivity index (χ0v) is 11.0. The van der Waals surface area contributed by atoms with E-state index in [1.54, 1.807) is 22.3 Å². The fourth-order valence-electron chi connectivity index (χ4n) is 1.81. The largest absolute Gasteiger partial charge is 0.387 e. The van der Waals surface area contributed by atoms with Crippen LogP contribution in [-0.2, 0) is 6.54 Å². The molecule has 0 saturated heterocycles. The van der Waals surface area contributed by atoms with Crippen LogP contribution in [0.1, 0.15) is 11.4 Å². The van der Waals surface area contributed by atoms with E-state index in [1.165, 1.54) is 15.6 Å². The van der Waals surface area contributed by atoms with Crippen molar-refractivity contribution in [1.82, 2.24) is 14.8 Å².